The fourth-order valence-electron chi connectivity index (χ4n) is 2.03. The summed E-state index contributed by atoms with van der Waals surface area (Å²) < 4.78 is 10.6. The molecule has 0 aromatic heterocycles. The summed E-state index contributed by atoms with van der Waals surface area (Å²) in [6.45, 7) is 2.20. The third-order valence-electron chi connectivity index (χ3n) is 3.19. The summed E-state index contributed by atoms with van der Waals surface area (Å²) in [5.74, 6) is -0.438. The normalized spacial score (nSPS) is 10.1. The summed E-state index contributed by atoms with van der Waals surface area (Å²) >= 11 is 12.1. The largest absolute Gasteiger partial charge is 0.493 e. The molecule has 0 spiro atoms. The minimum Gasteiger partial charge on any atom is -0.493 e. The van der Waals surface area contributed by atoms with Gasteiger partial charge in [-0.25, -0.2) is 0 Å². The average Bonchev–Trinajstić information content (AvgIpc) is 2.61. The Balaban J connectivity index is 2.12. The summed E-state index contributed by atoms with van der Waals surface area (Å²) in [7, 11) is 1.44. The lowest BCUT2D eigenvalue weighted by Gasteiger charge is -2.13. The minimum absolute atomic E-state index is 0.199. The number of carbonyl (C=O) groups is 2. The monoisotopic (exact) mass is 382 g/mol. The van der Waals surface area contributed by atoms with Crippen molar-refractivity contribution < 1.29 is 19.1 Å². The molecular formula is C17H16Cl2N2O4. The highest BCUT2D eigenvalue weighted by Crippen LogP contribution is 2.36. The number of amides is 2. The third kappa shape index (κ3) is 4.55. The minimum atomic E-state index is -0.566. The maximum atomic E-state index is 12.2. The van der Waals surface area contributed by atoms with Crippen LogP contribution in [0, 0.1) is 0 Å². The van der Waals surface area contributed by atoms with Gasteiger partial charge in [0.25, 0.3) is 11.8 Å². The molecule has 0 bridgehead atoms. The first-order chi connectivity index (χ1) is 12.0. The second-order valence-corrected chi connectivity index (χ2v) is 5.62. The zero-order valence-corrected chi connectivity index (χ0v) is 15.1. The number of hydrogen-bond acceptors (Lipinski definition) is 4. The smallest absolute Gasteiger partial charge is 0.271 e. The van der Waals surface area contributed by atoms with Crippen molar-refractivity contribution in [2.45, 2.75) is 6.92 Å². The van der Waals surface area contributed by atoms with Crippen molar-refractivity contribution in [3.8, 4) is 11.5 Å². The molecular weight excluding hydrogens is 367 g/mol. The van der Waals surface area contributed by atoms with Gasteiger partial charge in [-0.15, -0.1) is 0 Å². The van der Waals surface area contributed by atoms with Gasteiger partial charge in [0, 0.05) is 5.56 Å². The van der Waals surface area contributed by atoms with E-state index in [1.807, 2.05) is 0 Å². The molecule has 6 nitrogen and oxygen atoms in total. The van der Waals surface area contributed by atoms with E-state index in [2.05, 4.69) is 10.9 Å². The quantitative estimate of drug-likeness (QED) is 0.776. The molecule has 0 aliphatic carbocycles. The molecule has 8 heteroatoms. The molecule has 2 rings (SSSR count). The maximum Gasteiger partial charge on any atom is 0.271 e. The highest BCUT2D eigenvalue weighted by atomic mass is 35.5. The first-order valence-electron chi connectivity index (χ1n) is 7.33. The van der Waals surface area contributed by atoms with E-state index in [-0.39, 0.29) is 21.2 Å². The van der Waals surface area contributed by atoms with Gasteiger partial charge in [-0.1, -0.05) is 35.3 Å². The molecule has 0 atom stereocenters. The molecule has 0 unspecified atom stereocenters. The summed E-state index contributed by atoms with van der Waals surface area (Å²) in [6.07, 6.45) is 0. The van der Waals surface area contributed by atoms with E-state index in [1.54, 1.807) is 31.2 Å². The van der Waals surface area contributed by atoms with Crippen molar-refractivity contribution in [3.05, 3.63) is 57.6 Å². The molecule has 0 saturated carbocycles. The predicted octanol–water partition coefficient (Wildman–Crippen LogP) is 3.48. The van der Waals surface area contributed by atoms with Crippen LogP contribution in [0.3, 0.4) is 0 Å². The van der Waals surface area contributed by atoms with Crippen LogP contribution in [0.5, 0.6) is 11.5 Å². The van der Waals surface area contributed by atoms with Crippen LogP contribution in [-0.4, -0.2) is 25.5 Å². The zero-order chi connectivity index (χ0) is 18.4. The number of benzene rings is 2. The first-order valence-corrected chi connectivity index (χ1v) is 8.09. The molecule has 25 heavy (non-hydrogen) atoms. The second-order valence-electron chi connectivity index (χ2n) is 4.81. The molecule has 0 aliphatic rings. The van der Waals surface area contributed by atoms with Crippen molar-refractivity contribution in [2.24, 2.45) is 0 Å². The van der Waals surface area contributed by atoms with E-state index in [4.69, 9.17) is 32.7 Å². The number of nitrogens with one attached hydrogen (secondary N) is 2. The lowest BCUT2D eigenvalue weighted by molar-refractivity contribution is 0.0846. The van der Waals surface area contributed by atoms with Crippen LogP contribution in [0.1, 0.15) is 27.6 Å². The fraction of sp³-hybridized carbons (Fsp3) is 0.176. The SMILES string of the molecule is CCOc1c(Cl)cc(C(=O)NNC(=O)c2ccccc2Cl)cc1OC. The van der Waals surface area contributed by atoms with Crippen molar-refractivity contribution >= 4 is 35.0 Å². The fourth-order valence-corrected chi connectivity index (χ4v) is 2.52. The van der Waals surface area contributed by atoms with E-state index in [0.717, 1.165) is 0 Å². The number of methoxy groups -OCH3 is 1. The number of carbonyl (C=O) groups excluding carboxylic acids is 2. The van der Waals surface area contributed by atoms with Gasteiger partial charge >= 0.3 is 0 Å². The zero-order valence-electron chi connectivity index (χ0n) is 13.6. The summed E-state index contributed by atoms with van der Waals surface area (Å²) in [5, 5.41) is 0.504. The molecule has 2 aromatic carbocycles. The van der Waals surface area contributed by atoms with Crippen molar-refractivity contribution in [2.75, 3.05) is 13.7 Å². The predicted molar refractivity (Wildman–Crippen MR) is 95.6 cm³/mol. The Hall–Kier alpha value is -2.44. The van der Waals surface area contributed by atoms with Crippen molar-refractivity contribution in [1.82, 2.24) is 10.9 Å². The number of hydrazine groups is 1. The molecule has 0 aliphatic heterocycles. The average molecular weight is 383 g/mol. The van der Waals surface area contributed by atoms with E-state index in [9.17, 15) is 9.59 Å². The second kappa shape index (κ2) is 8.60. The van der Waals surface area contributed by atoms with Gasteiger partial charge < -0.3 is 9.47 Å². The highest BCUT2D eigenvalue weighted by molar-refractivity contribution is 6.34. The van der Waals surface area contributed by atoms with Gasteiger partial charge in [-0.2, -0.15) is 0 Å². The first kappa shape index (κ1) is 18.9. The molecule has 0 heterocycles. The maximum absolute atomic E-state index is 12.2. The van der Waals surface area contributed by atoms with Gasteiger partial charge in [-0.3, -0.25) is 20.4 Å². The molecule has 2 aromatic rings. The van der Waals surface area contributed by atoms with Crippen molar-refractivity contribution in [3.63, 3.8) is 0 Å². The van der Waals surface area contributed by atoms with E-state index in [1.165, 1.54) is 19.2 Å². The Morgan fingerprint density at radius 2 is 1.72 bits per heavy atom. The molecule has 0 saturated heterocycles. The molecule has 132 valence electrons. The molecule has 2 N–H and O–H groups in total. The molecule has 2 amide bonds. The third-order valence-corrected chi connectivity index (χ3v) is 3.80. The van der Waals surface area contributed by atoms with Crippen LogP contribution in [0.15, 0.2) is 36.4 Å². The van der Waals surface area contributed by atoms with Crippen LogP contribution >= 0.6 is 23.2 Å². The number of halogens is 2. The van der Waals surface area contributed by atoms with E-state index in [0.29, 0.717) is 18.1 Å². The standard InChI is InChI=1S/C17H16Cl2N2O4/c1-3-25-15-13(19)8-10(9-14(15)24-2)16(22)20-21-17(23)11-6-4-5-7-12(11)18/h4-9H,3H2,1-2H3,(H,20,22)(H,21,23). The Labute approximate surface area is 155 Å². The van der Waals surface area contributed by atoms with Gasteiger partial charge in [-0.05, 0) is 31.2 Å². The number of hydrogen-bond donors (Lipinski definition) is 2. The van der Waals surface area contributed by atoms with Gasteiger partial charge in [0.05, 0.1) is 29.3 Å². The van der Waals surface area contributed by atoms with Crippen LogP contribution in [-0.2, 0) is 0 Å². The summed E-state index contributed by atoms with van der Waals surface area (Å²) in [4.78, 5) is 24.3. The topological polar surface area (TPSA) is 76.7 Å². The highest BCUT2D eigenvalue weighted by Gasteiger charge is 2.17. The lowest BCUT2D eigenvalue weighted by atomic mass is 10.2. The van der Waals surface area contributed by atoms with Crippen LogP contribution in [0.25, 0.3) is 0 Å². The summed E-state index contributed by atoms with van der Waals surface area (Å²) in [5.41, 5.74) is 5.04. The molecule has 0 fully saturated rings. The van der Waals surface area contributed by atoms with Gasteiger partial charge in [0.15, 0.2) is 11.5 Å². The van der Waals surface area contributed by atoms with Gasteiger partial charge in [0.1, 0.15) is 0 Å². The van der Waals surface area contributed by atoms with E-state index < -0.39 is 11.8 Å². The Morgan fingerprint density at radius 3 is 2.36 bits per heavy atom. The van der Waals surface area contributed by atoms with Crippen LogP contribution in [0.2, 0.25) is 10.0 Å². The van der Waals surface area contributed by atoms with Crippen LogP contribution < -0.4 is 20.3 Å². The lowest BCUT2D eigenvalue weighted by Crippen LogP contribution is -2.41. The van der Waals surface area contributed by atoms with Crippen molar-refractivity contribution in [1.29, 1.82) is 0 Å². The number of ether oxygens (including phenoxy) is 2. The Bertz CT molecular complexity index is 796. The summed E-state index contributed by atoms with van der Waals surface area (Å²) in [6, 6.07) is 9.38. The molecule has 0 radical (unpaired) electrons. The Morgan fingerprint density at radius 1 is 1.04 bits per heavy atom. The van der Waals surface area contributed by atoms with Gasteiger partial charge in [0.2, 0.25) is 0 Å². The Kier molecular flexibility index (Phi) is 6.50. The van der Waals surface area contributed by atoms with Crippen LogP contribution in [0.4, 0.5) is 0 Å². The number of rotatable bonds is 5. The van der Waals surface area contributed by atoms with E-state index >= 15 is 0 Å².